The fourth-order valence-electron chi connectivity index (χ4n) is 2.80. The first-order valence-electron chi connectivity index (χ1n) is 6.78. The number of hydrogen-bond donors (Lipinski definition) is 2. The summed E-state index contributed by atoms with van der Waals surface area (Å²) in [5.41, 5.74) is 0.962. The summed E-state index contributed by atoms with van der Waals surface area (Å²) in [5.74, 6) is 0.363. The summed E-state index contributed by atoms with van der Waals surface area (Å²) in [6.45, 7) is 0.943. The van der Waals surface area contributed by atoms with Crippen molar-refractivity contribution in [1.82, 2.24) is 0 Å². The molecule has 4 heteroatoms. The van der Waals surface area contributed by atoms with Crippen LogP contribution >= 0.6 is 0 Å². The Morgan fingerprint density at radius 3 is 2.68 bits per heavy atom. The highest BCUT2D eigenvalue weighted by Gasteiger charge is 2.24. The highest BCUT2D eigenvalue weighted by Crippen LogP contribution is 2.30. The summed E-state index contributed by atoms with van der Waals surface area (Å²) in [4.78, 5) is 0. The molecule has 1 aromatic rings. The van der Waals surface area contributed by atoms with Crippen LogP contribution < -0.4 is 5.32 Å². The third-order valence-corrected chi connectivity index (χ3v) is 3.90. The molecule has 0 bridgehead atoms. The van der Waals surface area contributed by atoms with E-state index in [-0.39, 0.29) is 6.61 Å². The summed E-state index contributed by atoms with van der Waals surface area (Å²) in [6.07, 6.45) is 4.53. The van der Waals surface area contributed by atoms with E-state index in [2.05, 4.69) is 5.32 Å². The van der Waals surface area contributed by atoms with Gasteiger partial charge in [-0.1, -0.05) is 12.8 Å². The fraction of sp³-hybridized carbons (Fsp3) is 0.533. The van der Waals surface area contributed by atoms with Gasteiger partial charge in [0.15, 0.2) is 0 Å². The van der Waals surface area contributed by atoms with Gasteiger partial charge in [0.2, 0.25) is 0 Å². The van der Waals surface area contributed by atoms with Crippen LogP contribution in [0.1, 0.15) is 31.2 Å². The molecule has 19 heavy (non-hydrogen) atoms. The van der Waals surface area contributed by atoms with Gasteiger partial charge in [-0.05, 0) is 42.9 Å². The number of halogens is 1. The van der Waals surface area contributed by atoms with E-state index in [0.717, 1.165) is 19.4 Å². The number of rotatable bonds is 4. The van der Waals surface area contributed by atoms with E-state index >= 15 is 0 Å². The molecule has 0 spiro atoms. The Labute approximate surface area is 113 Å². The van der Waals surface area contributed by atoms with E-state index in [9.17, 15) is 9.50 Å². The van der Waals surface area contributed by atoms with Gasteiger partial charge in [0.05, 0.1) is 11.6 Å². The average molecular weight is 262 g/mol. The molecule has 1 saturated carbocycles. The molecule has 1 aromatic carbocycles. The Morgan fingerprint density at radius 1 is 1.26 bits per heavy atom. The van der Waals surface area contributed by atoms with E-state index < -0.39 is 5.82 Å². The molecular formula is C15H19FN2O. The average Bonchev–Trinajstić information content (AvgIpc) is 2.44. The maximum atomic E-state index is 13.3. The van der Waals surface area contributed by atoms with Gasteiger partial charge in [-0.2, -0.15) is 5.26 Å². The van der Waals surface area contributed by atoms with Crippen molar-refractivity contribution in [1.29, 1.82) is 5.26 Å². The topological polar surface area (TPSA) is 56.0 Å². The molecular weight excluding hydrogens is 243 g/mol. The van der Waals surface area contributed by atoms with Crippen molar-refractivity contribution in [3.05, 3.63) is 29.6 Å². The molecule has 1 fully saturated rings. The molecule has 0 saturated heterocycles. The molecule has 102 valence electrons. The predicted molar refractivity (Wildman–Crippen MR) is 72.1 cm³/mol. The number of nitrogens with zero attached hydrogens (tertiary/aromatic N) is 1. The fourth-order valence-corrected chi connectivity index (χ4v) is 2.80. The molecule has 2 N–H and O–H groups in total. The van der Waals surface area contributed by atoms with Crippen LogP contribution in [0.2, 0.25) is 0 Å². The Bertz CT molecular complexity index is 470. The van der Waals surface area contributed by atoms with E-state index in [1.54, 1.807) is 6.07 Å². The van der Waals surface area contributed by atoms with Gasteiger partial charge in [0.1, 0.15) is 5.82 Å². The minimum atomic E-state index is -0.399. The van der Waals surface area contributed by atoms with Crippen molar-refractivity contribution in [2.75, 3.05) is 18.5 Å². The SMILES string of the molecule is N#Cc1cc(F)cc(NCC2CCCCC2CO)c1. The second kappa shape index (κ2) is 6.53. The Hall–Kier alpha value is -1.60. The maximum Gasteiger partial charge on any atom is 0.126 e. The van der Waals surface area contributed by atoms with Gasteiger partial charge in [-0.3, -0.25) is 0 Å². The monoisotopic (exact) mass is 262 g/mol. The van der Waals surface area contributed by atoms with E-state index in [0.29, 0.717) is 23.1 Å². The van der Waals surface area contributed by atoms with Crippen LogP contribution in [0.4, 0.5) is 10.1 Å². The molecule has 0 radical (unpaired) electrons. The Morgan fingerprint density at radius 2 is 2.00 bits per heavy atom. The summed E-state index contributed by atoms with van der Waals surface area (Å²) in [5, 5.41) is 21.4. The van der Waals surface area contributed by atoms with Crippen LogP contribution in [-0.4, -0.2) is 18.3 Å². The first kappa shape index (κ1) is 13.8. The maximum absolute atomic E-state index is 13.3. The summed E-state index contributed by atoms with van der Waals surface area (Å²) >= 11 is 0. The number of nitrogens with one attached hydrogen (secondary N) is 1. The second-order valence-corrected chi connectivity index (χ2v) is 5.21. The summed E-state index contributed by atoms with van der Waals surface area (Å²) < 4.78 is 13.3. The standard InChI is InChI=1S/C15H19FN2O/c16-14-5-11(8-17)6-15(7-14)18-9-12-3-1-2-4-13(12)10-19/h5-7,12-13,18-19H,1-4,9-10H2. The predicted octanol–water partition coefficient (Wildman–Crippen LogP) is 2.91. The quantitative estimate of drug-likeness (QED) is 0.877. The van der Waals surface area contributed by atoms with Crippen LogP contribution in [0.15, 0.2) is 18.2 Å². The molecule has 0 amide bonds. The first-order valence-corrected chi connectivity index (χ1v) is 6.78. The van der Waals surface area contributed by atoms with Crippen molar-refractivity contribution < 1.29 is 9.50 Å². The van der Waals surface area contributed by atoms with Gasteiger partial charge in [-0.25, -0.2) is 4.39 Å². The molecule has 2 atom stereocenters. The van der Waals surface area contributed by atoms with Crippen LogP contribution in [0.5, 0.6) is 0 Å². The van der Waals surface area contributed by atoms with Crippen molar-refractivity contribution >= 4 is 5.69 Å². The molecule has 0 aliphatic heterocycles. The number of aliphatic hydroxyl groups is 1. The normalized spacial score (nSPS) is 22.8. The van der Waals surface area contributed by atoms with E-state index in [4.69, 9.17) is 5.26 Å². The zero-order valence-electron chi connectivity index (χ0n) is 10.9. The van der Waals surface area contributed by atoms with Crippen molar-refractivity contribution in [2.45, 2.75) is 25.7 Å². The third-order valence-electron chi connectivity index (χ3n) is 3.90. The van der Waals surface area contributed by atoms with E-state index in [1.165, 1.54) is 25.0 Å². The molecule has 2 rings (SSSR count). The number of aliphatic hydroxyl groups excluding tert-OH is 1. The smallest absolute Gasteiger partial charge is 0.126 e. The van der Waals surface area contributed by atoms with Crippen molar-refractivity contribution in [2.24, 2.45) is 11.8 Å². The van der Waals surface area contributed by atoms with Crippen molar-refractivity contribution in [3.8, 4) is 6.07 Å². The molecule has 0 heterocycles. The number of hydrogen-bond acceptors (Lipinski definition) is 3. The number of anilines is 1. The van der Waals surface area contributed by atoms with Gasteiger partial charge < -0.3 is 10.4 Å². The minimum Gasteiger partial charge on any atom is -0.396 e. The second-order valence-electron chi connectivity index (χ2n) is 5.21. The number of benzene rings is 1. The van der Waals surface area contributed by atoms with Crippen LogP contribution in [-0.2, 0) is 0 Å². The first-order chi connectivity index (χ1) is 9.22. The van der Waals surface area contributed by atoms with Crippen molar-refractivity contribution in [3.63, 3.8) is 0 Å². The zero-order valence-corrected chi connectivity index (χ0v) is 10.9. The highest BCUT2D eigenvalue weighted by atomic mass is 19.1. The van der Waals surface area contributed by atoms with Crippen LogP contribution in [0, 0.1) is 29.0 Å². The lowest BCUT2D eigenvalue weighted by atomic mass is 9.79. The van der Waals surface area contributed by atoms with Gasteiger partial charge in [0.25, 0.3) is 0 Å². The van der Waals surface area contributed by atoms with Gasteiger partial charge in [0, 0.05) is 18.8 Å². The molecule has 3 nitrogen and oxygen atoms in total. The highest BCUT2D eigenvalue weighted by molar-refractivity contribution is 5.49. The largest absolute Gasteiger partial charge is 0.396 e. The Balaban J connectivity index is 1.98. The number of nitriles is 1. The van der Waals surface area contributed by atoms with Gasteiger partial charge >= 0.3 is 0 Å². The van der Waals surface area contributed by atoms with E-state index in [1.807, 2.05) is 6.07 Å². The molecule has 1 aliphatic carbocycles. The lowest BCUT2D eigenvalue weighted by Crippen LogP contribution is -2.28. The summed E-state index contributed by atoms with van der Waals surface area (Å²) in [7, 11) is 0. The minimum absolute atomic E-state index is 0.221. The third kappa shape index (κ3) is 3.68. The molecule has 2 unspecified atom stereocenters. The zero-order chi connectivity index (χ0) is 13.7. The van der Waals surface area contributed by atoms with Crippen LogP contribution in [0.3, 0.4) is 0 Å². The lowest BCUT2D eigenvalue weighted by molar-refractivity contribution is 0.141. The Kier molecular flexibility index (Phi) is 4.75. The molecule has 0 aromatic heterocycles. The van der Waals surface area contributed by atoms with Gasteiger partial charge in [-0.15, -0.1) is 0 Å². The molecule has 1 aliphatic rings. The lowest BCUT2D eigenvalue weighted by Gasteiger charge is -2.30. The summed E-state index contributed by atoms with van der Waals surface area (Å²) in [6, 6.07) is 6.22. The van der Waals surface area contributed by atoms with Crippen LogP contribution in [0.25, 0.3) is 0 Å².